The van der Waals surface area contributed by atoms with Crippen LogP contribution in [0.5, 0.6) is 0 Å². The largest absolute Gasteiger partial charge is 0.481 e. The second kappa shape index (κ2) is 8.82. The minimum Gasteiger partial charge on any atom is -0.481 e. The Kier molecular flexibility index (Phi) is 7.43. The number of hydrogen-bond donors (Lipinski definition) is 2. The minimum absolute atomic E-state index is 0.106. The number of hydrogen-bond acceptors (Lipinski definition) is 2. The van der Waals surface area contributed by atoms with E-state index >= 15 is 0 Å². The number of carboxylic acid groups (broad SMARTS) is 1. The lowest BCUT2D eigenvalue weighted by atomic mass is 9.97. The lowest BCUT2D eigenvalue weighted by molar-refractivity contribution is -0.142. The summed E-state index contributed by atoms with van der Waals surface area (Å²) in [6.45, 7) is 4.15. The summed E-state index contributed by atoms with van der Waals surface area (Å²) < 4.78 is 0.989. The predicted molar refractivity (Wildman–Crippen MR) is 86.1 cm³/mol. The summed E-state index contributed by atoms with van der Waals surface area (Å²) in [7, 11) is 0. The van der Waals surface area contributed by atoms with Gasteiger partial charge < -0.3 is 10.4 Å². The summed E-state index contributed by atoms with van der Waals surface area (Å²) in [6.07, 6.45) is 1.58. The maximum Gasteiger partial charge on any atom is 0.308 e. The molecule has 0 saturated heterocycles. The van der Waals surface area contributed by atoms with Crippen molar-refractivity contribution in [3.05, 3.63) is 34.3 Å². The number of carbonyl (C=O) groups excluding carboxylic acids is 1. The molecule has 0 spiro atoms. The van der Waals surface area contributed by atoms with E-state index in [1.54, 1.807) is 0 Å². The maximum absolute atomic E-state index is 11.8. The molecule has 5 heteroatoms. The Balaban J connectivity index is 2.37. The van der Waals surface area contributed by atoms with E-state index in [1.807, 2.05) is 38.1 Å². The van der Waals surface area contributed by atoms with Gasteiger partial charge in [-0.1, -0.05) is 41.9 Å². The molecular formula is C16H22BrNO3. The number of halogens is 1. The van der Waals surface area contributed by atoms with E-state index in [4.69, 9.17) is 5.11 Å². The Morgan fingerprint density at radius 1 is 1.33 bits per heavy atom. The second-order valence-electron chi connectivity index (χ2n) is 5.60. The number of aryl methyl sites for hydroxylation is 1. The fraction of sp³-hybridized carbons (Fsp3) is 0.500. The molecule has 0 aliphatic rings. The lowest BCUT2D eigenvalue weighted by Crippen LogP contribution is -2.33. The zero-order chi connectivity index (χ0) is 15.8. The summed E-state index contributed by atoms with van der Waals surface area (Å²) in [6, 6.07) is 7.82. The quantitative estimate of drug-likeness (QED) is 0.752. The van der Waals surface area contributed by atoms with Crippen molar-refractivity contribution in [3.8, 4) is 0 Å². The van der Waals surface area contributed by atoms with Gasteiger partial charge >= 0.3 is 5.97 Å². The molecule has 1 amide bonds. The molecule has 0 heterocycles. The van der Waals surface area contributed by atoms with Crippen LogP contribution in [-0.4, -0.2) is 23.5 Å². The molecular weight excluding hydrogens is 334 g/mol. The summed E-state index contributed by atoms with van der Waals surface area (Å²) >= 11 is 3.39. The van der Waals surface area contributed by atoms with Crippen molar-refractivity contribution >= 4 is 27.8 Å². The molecule has 2 N–H and O–H groups in total. The summed E-state index contributed by atoms with van der Waals surface area (Å²) in [5, 5.41) is 11.8. The zero-order valence-corrected chi connectivity index (χ0v) is 14.0. The molecule has 21 heavy (non-hydrogen) atoms. The van der Waals surface area contributed by atoms with Crippen LogP contribution < -0.4 is 5.32 Å². The van der Waals surface area contributed by atoms with Gasteiger partial charge in [0.05, 0.1) is 5.92 Å². The number of aliphatic carboxylic acids is 1. The van der Waals surface area contributed by atoms with Gasteiger partial charge in [0, 0.05) is 17.4 Å². The van der Waals surface area contributed by atoms with Crippen LogP contribution in [0.2, 0.25) is 0 Å². The lowest BCUT2D eigenvalue weighted by Gasteiger charge is -2.15. The third-order valence-electron chi connectivity index (χ3n) is 3.18. The van der Waals surface area contributed by atoms with Crippen molar-refractivity contribution in [2.45, 2.75) is 33.1 Å². The van der Waals surface area contributed by atoms with Crippen molar-refractivity contribution in [3.63, 3.8) is 0 Å². The molecule has 0 bridgehead atoms. The van der Waals surface area contributed by atoms with Crippen LogP contribution >= 0.6 is 15.9 Å². The Morgan fingerprint density at radius 2 is 2.05 bits per heavy atom. The molecule has 0 saturated carbocycles. The first-order valence-electron chi connectivity index (χ1n) is 7.12. The van der Waals surface area contributed by atoms with E-state index in [2.05, 4.69) is 21.2 Å². The van der Waals surface area contributed by atoms with Gasteiger partial charge in [0.25, 0.3) is 0 Å². The highest BCUT2D eigenvalue weighted by atomic mass is 79.9. The van der Waals surface area contributed by atoms with Crippen LogP contribution in [-0.2, 0) is 16.0 Å². The van der Waals surface area contributed by atoms with Crippen molar-refractivity contribution in [1.82, 2.24) is 5.32 Å². The smallest absolute Gasteiger partial charge is 0.308 e. The highest BCUT2D eigenvalue weighted by Gasteiger charge is 2.19. The average molecular weight is 356 g/mol. The van der Waals surface area contributed by atoms with Gasteiger partial charge in [0.2, 0.25) is 5.91 Å². The van der Waals surface area contributed by atoms with Gasteiger partial charge in [-0.15, -0.1) is 0 Å². The summed E-state index contributed by atoms with van der Waals surface area (Å²) in [5.74, 6) is -1.18. The summed E-state index contributed by atoms with van der Waals surface area (Å²) in [5.41, 5.74) is 1.08. The number of benzene rings is 1. The molecule has 0 aliphatic heterocycles. The number of rotatable bonds is 8. The highest BCUT2D eigenvalue weighted by Crippen LogP contribution is 2.13. The van der Waals surface area contributed by atoms with E-state index in [0.29, 0.717) is 25.2 Å². The van der Waals surface area contributed by atoms with Crippen LogP contribution in [0.15, 0.2) is 28.7 Å². The van der Waals surface area contributed by atoms with Gasteiger partial charge in [0.1, 0.15) is 0 Å². The molecule has 0 fully saturated rings. The van der Waals surface area contributed by atoms with Gasteiger partial charge in [-0.3, -0.25) is 9.59 Å². The van der Waals surface area contributed by atoms with E-state index < -0.39 is 11.9 Å². The van der Waals surface area contributed by atoms with Crippen LogP contribution in [0.4, 0.5) is 0 Å². The van der Waals surface area contributed by atoms with Crippen LogP contribution in [0.25, 0.3) is 0 Å². The molecule has 116 valence electrons. The molecule has 1 aromatic carbocycles. The Bertz CT molecular complexity index is 488. The molecule has 1 aromatic rings. The van der Waals surface area contributed by atoms with Crippen molar-refractivity contribution in [1.29, 1.82) is 0 Å². The number of carbonyl (C=O) groups is 2. The van der Waals surface area contributed by atoms with Gasteiger partial charge in [-0.25, -0.2) is 0 Å². The molecule has 1 rings (SSSR count). The Hall–Kier alpha value is -1.36. The van der Waals surface area contributed by atoms with E-state index in [9.17, 15) is 9.59 Å². The van der Waals surface area contributed by atoms with E-state index in [0.717, 1.165) is 10.0 Å². The van der Waals surface area contributed by atoms with Gasteiger partial charge in [0.15, 0.2) is 0 Å². The van der Waals surface area contributed by atoms with Crippen molar-refractivity contribution in [2.75, 3.05) is 6.54 Å². The van der Waals surface area contributed by atoms with Gasteiger partial charge in [-0.05, 0) is 36.5 Å². The third-order valence-corrected chi connectivity index (χ3v) is 3.67. The number of carboxylic acids is 1. The van der Waals surface area contributed by atoms with Crippen LogP contribution in [0, 0.1) is 11.8 Å². The van der Waals surface area contributed by atoms with Crippen molar-refractivity contribution in [2.24, 2.45) is 11.8 Å². The first-order chi connectivity index (χ1) is 9.88. The SMILES string of the molecule is CC(C)CC(CNC(=O)CCc1cccc(Br)c1)C(=O)O. The summed E-state index contributed by atoms with van der Waals surface area (Å²) in [4.78, 5) is 22.9. The number of nitrogens with one attached hydrogen (secondary N) is 1. The third kappa shape index (κ3) is 7.27. The second-order valence-corrected chi connectivity index (χ2v) is 6.51. The fourth-order valence-corrected chi connectivity index (χ4v) is 2.56. The standard InChI is InChI=1S/C16H22BrNO3/c1-11(2)8-13(16(20)21)10-18-15(19)7-6-12-4-3-5-14(17)9-12/h3-5,9,11,13H,6-8,10H2,1-2H3,(H,18,19)(H,20,21). The van der Waals surface area contributed by atoms with Crippen LogP contribution in [0.1, 0.15) is 32.3 Å². The van der Waals surface area contributed by atoms with Crippen molar-refractivity contribution < 1.29 is 14.7 Å². The van der Waals surface area contributed by atoms with Crippen LogP contribution in [0.3, 0.4) is 0 Å². The zero-order valence-electron chi connectivity index (χ0n) is 12.4. The maximum atomic E-state index is 11.8. The highest BCUT2D eigenvalue weighted by molar-refractivity contribution is 9.10. The normalized spacial score (nSPS) is 12.2. The molecule has 4 nitrogen and oxygen atoms in total. The molecule has 0 aliphatic carbocycles. The van der Waals surface area contributed by atoms with E-state index in [1.165, 1.54) is 0 Å². The first-order valence-corrected chi connectivity index (χ1v) is 7.91. The first kappa shape index (κ1) is 17.7. The molecule has 0 radical (unpaired) electrons. The molecule has 0 aromatic heterocycles. The number of amides is 1. The van der Waals surface area contributed by atoms with Gasteiger partial charge in [-0.2, -0.15) is 0 Å². The van der Waals surface area contributed by atoms with E-state index in [-0.39, 0.29) is 12.5 Å². The Labute approximate surface area is 134 Å². The monoisotopic (exact) mass is 355 g/mol. The predicted octanol–water partition coefficient (Wildman–Crippen LogP) is 3.24. The fourth-order valence-electron chi connectivity index (χ4n) is 2.12. The minimum atomic E-state index is -0.851. The Morgan fingerprint density at radius 3 is 2.62 bits per heavy atom. The topological polar surface area (TPSA) is 66.4 Å². The molecule has 1 atom stereocenters. The molecule has 1 unspecified atom stereocenters. The average Bonchev–Trinajstić information content (AvgIpc) is 2.40.